The average Bonchev–Trinajstić information content (AvgIpc) is 2.28. The highest BCUT2D eigenvalue weighted by atomic mass is 19.1. The van der Waals surface area contributed by atoms with Gasteiger partial charge in [0.1, 0.15) is 5.56 Å². The molecule has 4 nitrogen and oxygen atoms in total. The largest absolute Gasteiger partial charge is 0.477 e. The molecule has 0 unspecified atom stereocenters. The van der Waals surface area contributed by atoms with Crippen LogP contribution in [0.15, 0.2) is 0 Å². The smallest absolute Gasteiger partial charge is 0.342 e. The summed E-state index contributed by atoms with van der Waals surface area (Å²) in [6.45, 7) is 3.54. The van der Waals surface area contributed by atoms with Gasteiger partial charge >= 0.3 is 5.97 Å². The molecule has 1 aromatic heterocycles. The topological polar surface area (TPSA) is 55.1 Å². The third kappa shape index (κ3) is 1.54. The van der Waals surface area contributed by atoms with Crippen molar-refractivity contribution in [1.29, 1.82) is 0 Å². The van der Waals surface area contributed by atoms with Crippen LogP contribution in [-0.2, 0) is 7.05 Å². The van der Waals surface area contributed by atoms with Gasteiger partial charge in [0.25, 0.3) is 0 Å². The fourth-order valence-corrected chi connectivity index (χ4v) is 1.12. The van der Waals surface area contributed by atoms with Crippen LogP contribution in [0.25, 0.3) is 0 Å². The lowest BCUT2D eigenvalue weighted by Crippen LogP contribution is -2.04. The third-order valence-corrected chi connectivity index (χ3v) is 1.77. The Balaban J connectivity index is 3.35. The van der Waals surface area contributed by atoms with E-state index in [2.05, 4.69) is 5.10 Å². The first kappa shape index (κ1) is 9.70. The molecule has 0 saturated carbocycles. The molecule has 1 rings (SSSR count). The average molecular weight is 186 g/mol. The molecule has 0 atom stereocenters. The maximum Gasteiger partial charge on any atom is 0.342 e. The van der Waals surface area contributed by atoms with Crippen LogP contribution in [0.3, 0.4) is 0 Å². The van der Waals surface area contributed by atoms with E-state index in [1.807, 2.05) is 0 Å². The summed E-state index contributed by atoms with van der Waals surface area (Å²) in [6, 6.07) is 0. The van der Waals surface area contributed by atoms with Crippen molar-refractivity contribution in [3.05, 3.63) is 17.2 Å². The quantitative estimate of drug-likeness (QED) is 0.759. The number of carboxylic acids is 1. The van der Waals surface area contributed by atoms with Crippen LogP contribution in [0, 0.1) is 5.95 Å². The van der Waals surface area contributed by atoms with Gasteiger partial charge in [-0.2, -0.15) is 9.49 Å². The van der Waals surface area contributed by atoms with Crippen molar-refractivity contribution in [2.45, 2.75) is 19.8 Å². The second-order valence-corrected chi connectivity index (χ2v) is 3.13. The van der Waals surface area contributed by atoms with E-state index in [-0.39, 0.29) is 17.2 Å². The van der Waals surface area contributed by atoms with E-state index in [1.165, 1.54) is 7.05 Å². The normalized spacial score (nSPS) is 10.8. The van der Waals surface area contributed by atoms with Crippen LogP contribution in [0.4, 0.5) is 4.39 Å². The second kappa shape index (κ2) is 3.16. The van der Waals surface area contributed by atoms with Crippen LogP contribution in [0.1, 0.15) is 35.8 Å². The van der Waals surface area contributed by atoms with Crippen LogP contribution in [-0.4, -0.2) is 20.9 Å². The van der Waals surface area contributed by atoms with Crippen molar-refractivity contribution in [1.82, 2.24) is 9.78 Å². The van der Waals surface area contributed by atoms with Gasteiger partial charge in [0, 0.05) is 7.05 Å². The fraction of sp³-hybridized carbons (Fsp3) is 0.500. The molecule has 5 heteroatoms. The molecule has 0 aliphatic heterocycles. The summed E-state index contributed by atoms with van der Waals surface area (Å²) in [6.07, 6.45) is 0. The van der Waals surface area contributed by atoms with E-state index in [9.17, 15) is 9.18 Å². The summed E-state index contributed by atoms with van der Waals surface area (Å²) in [7, 11) is 1.38. The minimum absolute atomic E-state index is 0.0956. The Labute approximate surface area is 75.0 Å². The van der Waals surface area contributed by atoms with E-state index in [0.29, 0.717) is 0 Å². The van der Waals surface area contributed by atoms with Gasteiger partial charge in [0.2, 0.25) is 5.95 Å². The number of carboxylic acid groups (broad SMARTS) is 1. The Bertz CT molecular complexity index is 344. The van der Waals surface area contributed by atoms with Crippen LogP contribution >= 0.6 is 0 Å². The SMILES string of the molecule is CC(C)c1nn(C)c(F)c1C(=O)O. The van der Waals surface area contributed by atoms with Crippen molar-refractivity contribution < 1.29 is 14.3 Å². The predicted octanol–water partition coefficient (Wildman–Crippen LogP) is 1.38. The third-order valence-electron chi connectivity index (χ3n) is 1.77. The van der Waals surface area contributed by atoms with Crippen LogP contribution < -0.4 is 0 Å². The van der Waals surface area contributed by atoms with Crippen LogP contribution in [0.5, 0.6) is 0 Å². The van der Waals surface area contributed by atoms with E-state index in [0.717, 1.165) is 4.68 Å². The molecule has 1 aromatic rings. The van der Waals surface area contributed by atoms with E-state index in [1.54, 1.807) is 13.8 Å². The molecule has 1 N–H and O–H groups in total. The molecule has 0 spiro atoms. The van der Waals surface area contributed by atoms with Gasteiger partial charge in [-0.25, -0.2) is 9.48 Å². The highest BCUT2D eigenvalue weighted by molar-refractivity contribution is 5.89. The summed E-state index contributed by atoms with van der Waals surface area (Å²) in [5.41, 5.74) is -0.0370. The molecule has 72 valence electrons. The summed E-state index contributed by atoms with van der Waals surface area (Å²) in [5.74, 6) is -2.16. The minimum atomic E-state index is -1.27. The van der Waals surface area contributed by atoms with Crippen LogP contribution in [0.2, 0.25) is 0 Å². The maximum absolute atomic E-state index is 13.2. The van der Waals surface area contributed by atoms with E-state index >= 15 is 0 Å². The molecule has 0 aromatic carbocycles. The van der Waals surface area contributed by atoms with Gasteiger partial charge in [-0.05, 0) is 5.92 Å². The van der Waals surface area contributed by atoms with Gasteiger partial charge in [-0.15, -0.1) is 0 Å². The number of aryl methyl sites for hydroxylation is 1. The molecule has 0 radical (unpaired) electrons. The first-order valence-electron chi connectivity index (χ1n) is 3.90. The predicted molar refractivity (Wildman–Crippen MR) is 44.2 cm³/mol. The molecule has 13 heavy (non-hydrogen) atoms. The standard InChI is InChI=1S/C8H11FN2O2/c1-4(2)6-5(8(12)13)7(9)11(3)10-6/h4H,1-3H3,(H,12,13). The van der Waals surface area contributed by atoms with Gasteiger partial charge in [-0.1, -0.05) is 13.8 Å². The Morgan fingerprint density at radius 2 is 2.15 bits per heavy atom. The molecule has 0 aliphatic carbocycles. The van der Waals surface area contributed by atoms with Crippen molar-refractivity contribution in [3.8, 4) is 0 Å². The first-order valence-corrected chi connectivity index (χ1v) is 3.90. The molecule has 0 bridgehead atoms. The Kier molecular flexibility index (Phi) is 2.36. The minimum Gasteiger partial charge on any atom is -0.477 e. The van der Waals surface area contributed by atoms with Crippen molar-refractivity contribution in [3.63, 3.8) is 0 Å². The lowest BCUT2D eigenvalue weighted by molar-refractivity contribution is 0.0689. The molecule has 0 amide bonds. The Hall–Kier alpha value is -1.39. The number of aromatic carboxylic acids is 1. The molecule has 1 heterocycles. The van der Waals surface area contributed by atoms with Gasteiger partial charge in [0.05, 0.1) is 5.69 Å². The number of aromatic nitrogens is 2. The summed E-state index contributed by atoms with van der Waals surface area (Å²) >= 11 is 0. The molecule has 0 aliphatic rings. The van der Waals surface area contributed by atoms with Gasteiger partial charge < -0.3 is 5.11 Å². The zero-order chi connectivity index (χ0) is 10.2. The number of rotatable bonds is 2. The highest BCUT2D eigenvalue weighted by Crippen LogP contribution is 2.20. The Morgan fingerprint density at radius 1 is 1.62 bits per heavy atom. The number of halogens is 1. The summed E-state index contributed by atoms with van der Waals surface area (Å²) in [4.78, 5) is 10.7. The first-order chi connectivity index (χ1) is 5.95. The highest BCUT2D eigenvalue weighted by Gasteiger charge is 2.23. The van der Waals surface area contributed by atoms with E-state index in [4.69, 9.17) is 5.11 Å². The zero-order valence-corrected chi connectivity index (χ0v) is 7.71. The molecular weight excluding hydrogens is 175 g/mol. The second-order valence-electron chi connectivity index (χ2n) is 3.13. The van der Waals surface area contributed by atoms with Crippen molar-refractivity contribution in [2.24, 2.45) is 7.05 Å². The number of hydrogen-bond donors (Lipinski definition) is 1. The number of hydrogen-bond acceptors (Lipinski definition) is 2. The molecule has 0 fully saturated rings. The van der Waals surface area contributed by atoms with Gasteiger partial charge in [-0.3, -0.25) is 0 Å². The number of nitrogens with zero attached hydrogens (tertiary/aromatic N) is 2. The van der Waals surface area contributed by atoms with Gasteiger partial charge in [0.15, 0.2) is 0 Å². The monoisotopic (exact) mass is 186 g/mol. The summed E-state index contributed by atoms with van der Waals surface area (Å²) < 4.78 is 14.1. The lowest BCUT2D eigenvalue weighted by Gasteiger charge is -1.99. The van der Waals surface area contributed by atoms with Crippen molar-refractivity contribution >= 4 is 5.97 Å². The zero-order valence-electron chi connectivity index (χ0n) is 7.71. The Morgan fingerprint density at radius 3 is 2.46 bits per heavy atom. The molecular formula is C8H11FN2O2. The van der Waals surface area contributed by atoms with Crippen molar-refractivity contribution in [2.75, 3.05) is 0 Å². The number of carbonyl (C=O) groups is 1. The lowest BCUT2D eigenvalue weighted by atomic mass is 10.1. The summed E-state index contributed by atoms with van der Waals surface area (Å²) in [5, 5.41) is 12.5. The maximum atomic E-state index is 13.2. The fourth-order valence-electron chi connectivity index (χ4n) is 1.12. The van der Waals surface area contributed by atoms with E-state index < -0.39 is 11.9 Å². The molecule has 0 saturated heterocycles.